The van der Waals surface area contributed by atoms with Crippen molar-refractivity contribution in [2.24, 2.45) is 40.4 Å². The second-order valence-electron chi connectivity index (χ2n) is 18.7. The Morgan fingerprint density at radius 2 is 1.55 bits per heavy atom. The average Bonchev–Trinajstić information content (AvgIpc) is 4.08. The third kappa shape index (κ3) is 22.2. The normalized spacial score (nSPS) is 20.1. The molecule has 0 aromatic rings. The first-order chi connectivity index (χ1) is 26.2. The monoisotopic (exact) mass is 778 g/mol. The zero-order valence-electron chi connectivity index (χ0n) is 39.0. The number of ketones is 1. The number of hydrogen-bond acceptors (Lipinski definition) is 5. The largest absolute Gasteiger partial charge is 0.498 e. The molecule has 3 aliphatic rings. The predicted molar refractivity (Wildman–Crippen MR) is 247 cm³/mol. The van der Waals surface area contributed by atoms with Gasteiger partial charge in [0.05, 0.1) is 24.4 Å². The van der Waals surface area contributed by atoms with E-state index in [2.05, 4.69) is 124 Å². The van der Waals surface area contributed by atoms with E-state index in [1.165, 1.54) is 57.8 Å². The smallest absolute Gasteiger partial charge is 0.152 e. The fraction of sp³-hybridized carbons (Fsp3) is 0.745. The van der Waals surface area contributed by atoms with E-state index in [1.54, 1.807) is 6.92 Å². The summed E-state index contributed by atoms with van der Waals surface area (Å²) in [5.74, 6) is 7.66. The number of hydrogen-bond donors (Lipinski definition) is 3. The van der Waals surface area contributed by atoms with Crippen molar-refractivity contribution >= 4 is 5.78 Å². The number of allylic oxidation sites excluding steroid dienone is 3. The standard InChI is InChI=1S/C21H34N2.C14H26O.C13H23NO.C3H8/c1-8-11-12-21(16(5)17(6)22-13-9-2)23-18(7)15(4)20-14-19(20)10-3;1-11(14(3,4)5)10-15-12(2)6-7-13-8-9-13;1-10(2)14-12(11(3)15)13(4)8-6-5-7-9-13;1-3-2/h1,15,19-23H,5-7,9-14H2,2-4H3;11,13H,2,6-10H2,1,3-5H3;12,14H,1,5-9H2,2-4H3;3H2,1-2H3/t15?,19-,20-,21?;;;/m1.../s1. The van der Waals surface area contributed by atoms with Crippen LogP contribution in [0, 0.1) is 52.8 Å². The number of Topliss-reactive ketones (excluding diaryl/α,β-unsaturated/α-hetero) is 1. The highest BCUT2D eigenvalue weighted by Gasteiger charge is 2.41. The van der Waals surface area contributed by atoms with E-state index in [1.807, 2.05) is 6.92 Å². The summed E-state index contributed by atoms with van der Waals surface area (Å²) in [5.41, 5.74) is 4.35. The van der Waals surface area contributed by atoms with Gasteiger partial charge < -0.3 is 20.7 Å². The van der Waals surface area contributed by atoms with Gasteiger partial charge in [-0.2, -0.15) is 0 Å². The maximum absolute atomic E-state index is 11.7. The van der Waals surface area contributed by atoms with Crippen molar-refractivity contribution in [1.82, 2.24) is 16.0 Å². The Morgan fingerprint density at radius 1 is 0.964 bits per heavy atom. The molecular weight excluding hydrogens is 687 g/mol. The average molecular weight is 778 g/mol. The molecule has 0 spiro atoms. The van der Waals surface area contributed by atoms with Crippen molar-refractivity contribution in [2.45, 2.75) is 191 Å². The number of ether oxygens (including phenoxy) is 1. The van der Waals surface area contributed by atoms with E-state index in [9.17, 15) is 4.79 Å². The molecule has 0 aromatic carbocycles. The fourth-order valence-corrected chi connectivity index (χ4v) is 7.13. The lowest BCUT2D eigenvalue weighted by Gasteiger charge is -2.40. The minimum absolute atomic E-state index is 0.0460. The molecule has 5 nitrogen and oxygen atoms in total. The third-order valence-corrected chi connectivity index (χ3v) is 12.1. The quantitative estimate of drug-likeness (QED) is 0.0580. The van der Waals surface area contributed by atoms with Crippen LogP contribution in [0.3, 0.4) is 0 Å². The molecule has 0 aliphatic heterocycles. The summed E-state index contributed by atoms with van der Waals surface area (Å²) >= 11 is 0. The number of carbonyl (C=O) groups is 1. The first-order valence-corrected chi connectivity index (χ1v) is 22.5. The summed E-state index contributed by atoms with van der Waals surface area (Å²) in [7, 11) is 0. The van der Waals surface area contributed by atoms with Gasteiger partial charge in [-0.05, 0) is 98.4 Å². The van der Waals surface area contributed by atoms with E-state index in [-0.39, 0.29) is 23.3 Å². The maximum Gasteiger partial charge on any atom is 0.152 e. The number of rotatable bonds is 22. The zero-order chi connectivity index (χ0) is 43.1. The molecule has 3 saturated carbocycles. The molecule has 6 atom stereocenters. The minimum atomic E-state index is -0.0460. The molecule has 4 unspecified atom stereocenters. The highest BCUT2D eigenvalue weighted by molar-refractivity contribution is 5.82. The van der Waals surface area contributed by atoms with Crippen molar-refractivity contribution < 1.29 is 9.53 Å². The van der Waals surface area contributed by atoms with E-state index < -0.39 is 0 Å². The van der Waals surface area contributed by atoms with Gasteiger partial charge in [-0.25, -0.2) is 0 Å². The van der Waals surface area contributed by atoms with Gasteiger partial charge in [0.2, 0.25) is 0 Å². The van der Waals surface area contributed by atoms with Gasteiger partial charge in [0.25, 0.3) is 0 Å². The summed E-state index contributed by atoms with van der Waals surface area (Å²) in [6.07, 6.45) is 23.2. The fourth-order valence-electron chi connectivity index (χ4n) is 7.13. The third-order valence-electron chi connectivity index (χ3n) is 12.1. The molecule has 0 saturated heterocycles. The molecule has 3 fully saturated rings. The van der Waals surface area contributed by atoms with Gasteiger partial charge in [0, 0.05) is 36.5 Å². The van der Waals surface area contributed by atoms with Crippen molar-refractivity contribution in [3.05, 3.63) is 61.3 Å². The lowest BCUT2D eigenvalue weighted by atomic mass is 9.69. The first-order valence-electron chi connectivity index (χ1n) is 22.5. The minimum Gasteiger partial charge on any atom is -0.498 e. The van der Waals surface area contributed by atoms with Crippen LogP contribution in [-0.4, -0.2) is 31.0 Å². The summed E-state index contributed by atoms with van der Waals surface area (Å²) < 4.78 is 5.71. The SMILES string of the molecule is C#CCCC(NC(=C)C(C)[C@H]1C[C@H]1CC)C(=C)C(=C)NCCC.C=C(C)NC(C(C)=O)C1(C)CCCCC1.C=C(CCC1CC1)OCC(C)C(C)(C)C.CCC. The van der Waals surface area contributed by atoms with Gasteiger partial charge >= 0.3 is 0 Å². The Morgan fingerprint density at radius 3 is 2.00 bits per heavy atom. The van der Waals surface area contributed by atoms with Crippen LogP contribution < -0.4 is 16.0 Å². The lowest BCUT2D eigenvalue weighted by molar-refractivity contribution is -0.122. The van der Waals surface area contributed by atoms with Crippen LogP contribution in [0.2, 0.25) is 0 Å². The van der Waals surface area contributed by atoms with E-state index >= 15 is 0 Å². The molecule has 3 aliphatic carbocycles. The highest BCUT2D eigenvalue weighted by atomic mass is 16.5. The summed E-state index contributed by atoms with van der Waals surface area (Å²) in [6.45, 7) is 48.0. The van der Waals surface area contributed by atoms with Gasteiger partial charge in [-0.1, -0.05) is 147 Å². The Balaban J connectivity index is 0.000000807. The summed E-state index contributed by atoms with van der Waals surface area (Å²) in [5, 5.41) is 10.2. The molecule has 0 heterocycles. The van der Waals surface area contributed by atoms with Crippen LogP contribution in [0.15, 0.2) is 61.3 Å². The van der Waals surface area contributed by atoms with Crippen molar-refractivity contribution in [3.63, 3.8) is 0 Å². The molecule has 56 heavy (non-hydrogen) atoms. The lowest BCUT2D eigenvalue weighted by Crippen LogP contribution is -2.48. The van der Waals surface area contributed by atoms with E-state index in [4.69, 9.17) is 11.2 Å². The molecule has 0 aromatic heterocycles. The van der Waals surface area contributed by atoms with Crippen LogP contribution in [0.25, 0.3) is 0 Å². The molecule has 0 radical (unpaired) electrons. The molecule has 322 valence electrons. The summed E-state index contributed by atoms with van der Waals surface area (Å²) in [4.78, 5) is 11.7. The molecule has 3 N–H and O–H groups in total. The van der Waals surface area contributed by atoms with Crippen LogP contribution >= 0.6 is 0 Å². The van der Waals surface area contributed by atoms with Gasteiger partial charge in [-0.15, -0.1) is 12.3 Å². The second kappa shape index (κ2) is 27.7. The van der Waals surface area contributed by atoms with Crippen LogP contribution in [0.1, 0.15) is 179 Å². The predicted octanol–water partition coefficient (Wildman–Crippen LogP) is 13.5. The second-order valence-corrected chi connectivity index (χ2v) is 18.7. The molecule has 3 rings (SSSR count). The summed E-state index contributed by atoms with van der Waals surface area (Å²) in [6, 6.07) is 0.0620. The van der Waals surface area contributed by atoms with Gasteiger partial charge in [0.1, 0.15) is 0 Å². The van der Waals surface area contributed by atoms with Crippen molar-refractivity contribution in [3.8, 4) is 12.3 Å². The first kappa shape index (κ1) is 53.1. The molecule has 0 amide bonds. The van der Waals surface area contributed by atoms with Crippen molar-refractivity contribution in [2.75, 3.05) is 13.2 Å². The van der Waals surface area contributed by atoms with Gasteiger partial charge in [-0.3, -0.25) is 4.79 Å². The van der Waals surface area contributed by atoms with E-state index in [0.717, 1.165) is 97.9 Å². The Hall–Kier alpha value is -2.87. The highest BCUT2D eigenvalue weighted by Crippen LogP contribution is 2.48. The topological polar surface area (TPSA) is 62.4 Å². The van der Waals surface area contributed by atoms with Crippen LogP contribution in [0.4, 0.5) is 0 Å². The Kier molecular flexibility index (Phi) is 26.3. The molecular formula is C51H91N3O2. The van der Waals surface area contributed by atoms with Gasteiger partial charge in [0.15, 0.2) is 5.78 Å². The maximum atomic E-state index is 11.7. The van der Waals surface area contributed by atoms with Crippen molar-refractivity contribution in [1.29, 1.82) is 0 Å². The zero-order valence-corrected chi connectivity index (χ0v) is 39.0. The molecule has 0 bridgehead atoms. The Bertz CT molecular complexity index is 1240. The number of nitrogens with one attached hydrogen (secondary N) is 3. The van der Waals surface area contributed by atoms with E-state index in [0.29, 0.717) is 17.3 Å². The number of carbonyl (C=O) groups excluding carboxylic acids is 1. The van der Waals surface area contributed by atoms with Crippen LogP contribution in [0.5, 0.6) is 0 Å². The molecule has 5 heteroatoms. The number of terminal acetylenes is 1. The Labute approximate surface area is 348 Å². The van der Waals surface area contributed by atoms with Crippen LogP contribution in [-0.2, 0) is 9.53 Å².